The zero-order chi connectivity index (χ0) is 20.5. The second kappa shape index (κ2) is 8.76. The lowest BCUT2D eigenvalue weighted by atomic mass is 9.89. The highest BCUT2D eigenvalue weighted by Gasteiger charge is 2.29. The molecular weight excluding hydrogens is 404 g/mol. The predicted molar refractivity (Wildman–Crippen MR) is 121 cm³/mol. The molecule has 0 aromatic carbocycles. The highest BCUT2D eigenvalue weighted by Crippen LogP contribution is 2.41. The summed E-state index contributed by atoms with van der Waals surface area (Å²) in [5, 5.41) is 1.28. The number of aromatic nitrogens is 2. The number of thiophene rings is 1. The van der Waals surface area contributed by atoms with E-state index in [9.17, 15) is 4.79 Å². The number of hydrogen-bond acceptors (Lipinski definition) is 5. The van der Waals surface area contributed by atoms with E-state index in [1.165, 1.54) is 22.2 Å². The lowest BCUT2D eigenvalue weighted by molar-refractivity contribution is -0.131. The number of piperazine rings is 1. The fourth-order valence-electron chi connectivity index (χ4n) is 4.38. The largest absolute Gasteiger partial charge is 0.352 e. The Labute approximate surface area is 182 Å². The predicted octanol–water partition coefficient (Wildman–Crippen LogP) is 4.61. The molecular formula is C22H31ClN4OS. The Morgan fingerprint density at radius 1 is 1.28 bits per heavy atom. The van der Waals surface area contributed by atoms with E-state index < -0.39 is 0 Å². The number of halogens is 1. The van der Waals surface area contributed by atoms with Gasteiger partial charge in [0.05, 0.1) is 5.39 Å². The average Bonchev–Trinajstić information content (AvgIpc) is 3.10. The smallest absolute Gasteiger partial charge is 0.223 e. The second-order valence-electron chi connectivity index (χ2n) is 8.55. The number of carbonyl (C=O) groups excluding carboxylic acids is 1. The molecule has 1 fully saturated rings. The minimum absolute atomic E-state index is 0.162. The van der Waals surface area contributed by atoms with Crippen molar-refractivity contribution in [2.24, 2.45) is 5.92 Å². The Hall–Kier alpha value is -1.40. The first kappa shape index (κ1) is 20.9. The molecule has 0 saturated carbocycles. The molecule has 1 amide bonds. The zero-order valence-electron chi connectivity index (χ0n) is 17.7. The van der Waals surface area contributed by atoms with Gasteiger partial charge in [0.1, 0.15) is 16.5 Å². The number of fused-ring (bicyclic) bond motifs is 3. The summed E-state index contributed by atoms with van der Waals surface area (Å²) in [6.07, 6.45) is 4.99. The van der Waals surface area contributed by atoms with Crippen molar-refractivity contribution in [2.45, 2.75) is 58.8 Å². The summed E-state index contributed by atoms with van der Waals surface area (Å²) in [6.45, 7) is 9.87. The van der Waals surface area contributed by atoms with Crippen LogP contribution in [0.3, 0.4) is 0 Å². The summed E-state index contributed by atoms with van der Waals surface area (Å²) in [5.41, 5.74) is 1.48. The third-order valence-electron chi connectivity index (χ3n) is 6.45. The van der Waals surface area contributed by atoms with Crippen molar-refractivity contribution in [2.75, 3.05) is 37.0 Å². The van der Waals surface area contributed by atoms with E-state index in [1.807, 2.05) is 16.2 Å². The van der Waals surface area contributed by atoms with Crippen molar-refractivity contribution in [3.05, 3.63) is 16.3 Å². The van der Waals surface area contributed by atoms with Gasteiger partial charge in [-0.1, -0.05) is 20.8 Å². The second-order valence-corrected chi connectivity index (χ2v) is 10.0. The maximum atomic E-state index is 12.2. The van der Waals surface area contributed by atoms with Crippen molar-refractivity contribution < 1.29 is 4.79 Å². The number of hydrogen-bond donors (Lipinski definition) is 0. The third-order valence-corrected chi connectivity index (χ3v) is 7.78. The molecule has 0 spiro atoms. The molecule has 29 heavy (non-hydrogen) atoms. The monoisotopic (exact) mass is 434 g/mol. The van der Waals surface area contributed by atoms with E-state index in [-0.39, 0.29) is 5.91 Å². The summed E-state index contributed by atoms with van der Waals surface area (Å²) in [7, 11) is 0. The van der Waals surface area contributed by atoms with Gasteiger partial charge < -0.3 is 9.80 Å². The van der Waals surface area contributed by atoms with Crippen LogP contribution >= 0.6 is 22.9 Å². The van der Waals surface area contributed by atoms with E-state index in [2.05, 4.69) is 25.7 Å². The Morgan fingerprint density at radius 3 is 2.72 bits per heavy atom. The molecule has 2 atom stereocenters. The molecule has 1 aliphatic carbocycles. The van der Waals surface area contributed by atoms with Gasteiger partial charge in [0, 0.05) is 49.3 Å². The zero-order valence-corrected chi connectivity index (χ0v) is 19.3. The fraction of sp³-hybridized carbons (Fsp3) is 0.682. The molecule has 1 saturated heterocycles. The number of carbonyl (C=O) groups is 1. The first-order valence-corrected chi connectivity index (χ1v) is 12.3. The lowest BCUT2D eigenvalue weighted by Crippen LogP contribution is -2.49. The number of amides is 1. The van der Waals surface area contributed by atoms with E-state index in [0.29, 0.717) is 18.2 Å². The fourth-order valence-corrected chi connectivity index (χ4v) is 5.92. The topological polar surface area (TPSA) is 49.3 Å². The quantitative estimate of drug-likeness (QED) is 0.645. The van der Waals surface area contributed by atoms with Gasteiger partial charge in [-0.15, -0.1) is 22.9 Å². The van der Waals surface area contributed by atoms with Crippen molar-refractivity contribution in [1.82, 2.24) is 14.9 Å². The lowest BCUT2D eigenvalue weighted by Gasteiger charge is -2.36. The first-order valence-electron chi connectivity index (χ1n) is 10.9. The van der Waals surface area contributed by atoms with E-state index in [4.69, 9.17) is 21.6 Å². The van der Waals surface area contributed by atoms with Crippen LogP contribution in [0.5, 0.6) is 0 Å². The molecule has 158 valence electrons. The first-order chi connectivity index (χ1) is 14.0. The molecule has 0 unspecified atom stereocenters. The van der Waals surface area contributed by atoms with Crippen LogP contribution in [0.2, 0.25) is 0 Å². The van der Waals surface area contributed by atoms with Crippen molar-refractivity contribution >= 4 is 44.9 Å². The molecule has 0 N–H and O–H groups in total. The van der Waals surface area contributed by atoms with Crippen LogP contribution in [-0.2, 0) is 17.6 Å². The van der Waals surface area contributed by atoms with Crippen LogP contribution in [0.4, 0.5) is 5.82 Å². The number of rotatable bonds is 5. The van der Waals surface area contributed by atoms with Crippen molar-refractivity contribution in [3.8, 4) is 0 Å². The SMILES string of the molecule is CC[C@@H](C)c1nc(N2CCN(C(=O)CCCl)CC2)c2c3c(sc2n1)C[C@@H](C)CC3. The number of alkyl halides is 1. The maximum Gasteiger partial charge on any atom is 0.223 e. The van der Waals surface area contributed by atoms with E-state index >= 15 is 0 Å². The van der Waals surface area contributed by atoms with Gasteiger partial charge in [0.25, 0.3) is 0 Å². The molecule has 5 nitrogen and oxygen atoms in total. The van der Waals surface area contributed by atoms with Crippen LogP contribution in [0.15, 0.2) is 0 Å². The molecule has 1 aliphatic heterocycles. The highest BCUT2D eigenvalue weighted by molar-refractivity contribution is 7.19. The Balaban J connectivity index is 1.70. The van der Waals surface area contributed by atoms with Gasteiger partial charge in [0.2, 0.25) is 5.91 Å². The van der Waals surface area contributed by atoms with E-state index in [0.717, 1.165) is 67.8 Å². The van der Waals surface area contributed by atoms with Gasteiger partial charge >= 0.3 is 0 Å². The van der Waals surface area contributed by atoms with Crippen LogP contribution < -0.4 is 4.90 Å². The molecule has 2 aromatic heterocycles. The third kappa shape index (κ3) is 4.11. The molecule has 0 bridgehead atoms. The number of nitrogens with zero attached hydrogens (tertiary/aromatic N) is 4. The Bertz CT molecular complexity index is 891. The van der Waals surface area contributed by atoms with Crippen molar-refractivity contribution in [1.29, 1.82) is 0 Å². The summed E-state index contributed by atoms with van der Waals surface area (Å²) >= 11 is 7.64. The average molecular weight is 435 g/mol. The summed E-state index contributed by atoms with van der Waals surface area (Å²) in [6, 6.07) is 0. The van der Waals surface area contributed by atoms with Crippen LogP contribution in [0.1, 0.15) is 62.2 Å². The van der Waals surface area contributed by atoms with Crippen LogP contribution in [0.25, 0.3) is 10.2 Å². The standard InChI is InChI=1S/C22H31ClN4OS/c1-4-15(3)20-24-21(27-11-9-26(10-12-27)18(28)7-8-23)19-16-6-5-14(2)13-17(16)29-22(19)25-20/h14-15H,4-13H2,1-3H3/t14-,15+/m0/s1. The highest BCUT2D eigenvalue weighted by atomic mass is 35.5. The van der Waals surface area contributed by atoms with Gasteiger partial charge in [0.15, 0.2) is 0 Å². The van der Waals surface area contributed by atoms with Gasteiger partial charge in [-0.25, -0.2) is 9.97 Å². The summed E-state index contributed by atoms with van der Waals surface area (Å²) < 4.78 is 0. The molecule has 2 aromatic rings. The van der Waals surface area contributed by atoms with Gasteiger partial charge in [-0.2, -0.15) is 0 Å². The van der Waals surface area contributed by atoms with Crippen LogP contribution in [-0.4, -0.2) is 52.8 Å². The minimum Gasteiger partial charge on any atom is -0.352 e. The molecule has 2 aliphatic rings. The van der Waals surface area contributed by atoms with Gasteiger partial charge in [-0.3, -0.25) is 4.79 Å². The van der Waals surface area contributed by atoms with E-state index in [1.54, 1.807) is 0 Å². The normalized spacial score (nSPS) is 20.8. The molecule has 7 heteroatoms. The molecule has 3 heterocycles. The molecule has 4 rings (SSSR count). The summed E-state index contributed by atoms with van der Waals surface area (Å²) in [5.74, 6) is 3.71. The Kier molecular flexibility index (Phi) is 6.30. The van der Waals surface area contributed by atoms with Crippen molar-refractivity contribution in [3.63, 3.8) is 0 Å². The number of anilines is 1. The summed E-state index contributed by atoms with van der Waals surface area (Å²) in [4.78, 5) is 29.3. The number of aryl methyl sites for hydroxylation is 1. The minimum atomic E-state index is 0.162. The molecule has 0 radical (unpaired) electrons. The van der Waals surface area contributed by atoms with Crippen LogP contribution in [0, 0.1) is 5.92 Å². The maximum absolute atomic E-state index is 12.2. The van der Waals surface area contributed by atoms with Gasteiger partial charge in [-0.05, 0) is 37.2 Å². The Morgan fingerprint density at radius 2 is 2.03 bits per heavy atom.